The smallest absolute Gasteiger partial charge is 0.00213 e. The van der Waals surface area contributed by atoms with E-state index in [2.05, 4.69) is 45.9 Å². The van der Waals surface area contributed by atoms with Crippen molar-refractivity contribution >= 4 is 0 Å². The Morgan fingerprint density at radius 1 is 1.18 bits per heavy atom. The maximum atomic E-state index is 2.40. The normalized spacial score (nSPS) is 23.5. The zero-order chi connectivity index (χ0) is 8.43. The quantitative estimate of drug-likeness (QED) is 0.566. The van der Waals surface area contributed by atoms with E-state index < -0.39 is 0 Å². The minimum atomic E-state index is 0.687. The number of hydrogen-bond acceptors (Lipinski definition) is 0. The van der Waals surface area contributed by atoms with Gasteiger partial charge < -0.3 is 0 Å². The predicted molar refractivity (Wildman–Crippen MR) is 50.4 cm³/mol. The van der Waals surface area contributed by atoms with Crippen LogP contribution < -0.4 is 0 Å². The van der Waals surface area contributed by atoms with Crippen LogP contribution in [0.25, 0.3) is 0 Å². The second-order valence-corrected chi connectivity index (χ2v) is 4.00. The van der Waals surface area contributed by atoms with Crippen molar-refractivity contribution in [1.82, 2.24) is 0 Å². The van der Waals surface area contributed by atoms with Gasteiger partial charge in [0.25, 0.3) is 0 Å². The minimum Gasteiger partial charge on any atom is -0.0771 e. The van der Waals surface area contributed by atoms with Gasteiger partial charge in [-0.2, -0.15) is 0 Å². The van der Waals surface area contributed by atoms with Crippen molar-refractivity contribution < 1.29 is 0 Å². The zero-order valence-corrected chi connectivity index (χ0v) is 7.96. The van der Waals surface area contributed by atoms with Gasteiger partial charge >= 0.3 is 0 Å². The topological polar surface area (TPSA) is 0 Å². The summed E-state index contributed by atoms with van der Waals surface area (Å²) in [6.07, 6.45) is 6.99. The van der Waals surface area contributed by atoms with E-state index >= 15 is 0 Å². The standard InChI is InChI=1S/C11H18/c1-8(2)10-5-6-11(7-10)9(3)4/h5-10H,1-4H3. The lowest BCUT2D eigenvalue weighted by molar-refractivity contribution is 0.553. The third-order valence-electron chi connectivity index (χ3n) is 2.33. The molecule has 1 rings (SSSR count). The average molecular weight is 150 g/mol. The van der Waals surface area contributed by atoms with Gasteiger partial charge in [0.15, 0.2) is 0 Å². The maximum Gasteiger partial charge on any atom is -0.00213 e. The van der Waals surface area contributed by atoms with Crippen LogP contribution in [0.5, 0.6) is 0 Å². The maximum absolute atomic E-state index is 2.40. The van der Waals surface area contributed by atoms with Gasteiger partial charge in [0, 0.05) is 0 Å². The van der Waals surface area contributed by atoms with Crippen molar-refractivity contribution in [2.75, 3.05) is 0 Å². The van der Waals surface area contributed by atoms with Gasteiger partial charge in [-0.3, -0.25) is 0 Å². The fraction of sp³-hybridized carbons (Fsp3) is 0.636. The highest BCUT2D eigenvalue weighted by Crippen LogP contribution is 2.26. The molecule has 0 N–H and O–H groups in total. The van der Waals surface area contributed by atoms with Gasteiger partial charge in [0.1, 0.15) is 0 Å². The summed E-state index contributed by atoms with van der Waals surface area (Å²) in [5, 5.41) is 0. The third-order valence-corrected chi connectivity index (χ3v) is 2.33. The Kier molecular flexibility index (Phi) is 2.53. The van der Waals surface area contributed by atoms with Crippen LogP contribution in [-0.4, -0.2) is 0 Å². The van der Waals surface area contributed by atoms with Crippen molar-refractivity contribution in [2.45, 2.75) is 27.7 Å². The largest absolute Gasteiger partial charge is 0.0771 e. The second-order valence-electron chi connectivity index (χ2n) is 4.00. The molecule has 0 aromatic rings. The molecule has 0 radical (unpaired) electrons. The van der Waals surface area contributed by atoms with Gasteiger partial charge in [0.05, 0.1) is 0 Å². The Hall–Kier alpha value is -0.520. The van der Waals surface area contributed by atoms with E-state index in [1.54, 1.807) is 0 Å². The molecule has 62 valence electrons. The van der Waals surface area contributed by atoms with Crippen LogP contribution in [0.1, 0.15) is 27.7 Å². The van der Waals surface area contributed by atoms with Crippen molar-refractivity contribution in [3.8, 4) is 0 Å². The molecule has 0 aromatic heterocycles. The molecule has 0 heterocycles. The Balaban J connectivity index is 2.63. The van der Waals surface area contributed by atoms with Crippen molar-refractivity contribution in [2.24, 2.45) is 17.8 Å². The first-order valence-electron chi connectivity index (χ1n) is 4.51. The lowest BCUT2D eigenvalue weighted by atomic mass is 9.96. The van der Waals surface area contributed by atoms with Crippen molar-refractivity contribution in [3.63, 3.8) is 0 Å². The summed E-state index contributed by atoms with van der Waals surface area (Å²) in [5.74, 6) is 2.13. The molecule has 0 nitrogen and oxygen atoms in total. The first-order chi connectivity index (χ1) is 5.11. The minimum absolute atomic E-state index is 0.687. The van der Waals surface area contributed by atoms with Gasteiger partial charge in [-0.05, 0) is 23.3 Å². The Labute approximate surface area is 70.0 Å². The summed E-state index contributed by atoms with van der Waals surface area (Å²) in [4.78, 5) is 0. The van der Waals surface area contributed by atoms with Gasteiger partial charge in [-0.25, -0.2) is 0 Å². The molecular formula is C11H18. The molecule has 1 unspecified atom stereocenters. The highest BCUT2D eigenvalue weighted by Gasteiger charge is 2.13. The third kappa shape index (κ3) is 1.95. The fourth-order valence-corrected chi connectivity index (χ4v) is 1.36. The fourth-order valence-electron chi connectivity index (χ4n) is 1.36. The van der Waals surface area contributed by atoms with Crippen LogP contribution in [0.2, 0.25) is 0 Å². The van der Waals surface area contributed by atoms with E-state index in [0.29, 0.717) is 11.8 Å². The lowest BCUT2D eigenvalue weighted by Gasteiger charge is -2.09. The summed E-state index contributed by atoms with van der Waals surface area (Å²) in [6, 6.07) is 0. The second kappa shape index (κ2) is 3.25. The van der Waals surface area contributed by atoms with E-state index in [-0.39, 0.29) is 0 Å². The van der Waals surface area contributed by atoms with E-state index in [0.717, 1.165) is 5.92 Å². The summed E-state index contributed by atoms with van der Waals surface area (Å²) in [6.45, 7) is 9.04. The SMILES string of the molecule is CC(C)C1=CC(C(C)C)C=C1. The molecule has 0 aliphatic heterocycles. The number of hydrogen-bond donors (Lipinski definition) is 0. The average Bonchev–Trinajstić information content (AvgIpc) is 2.33. The van der Waals surface area contributed by atoms with Crippen LogP contribution in [0.3, 0.4) is 0 Å². The van der Waals surface area contributed by atoms with Crippen LogP contribution in [0.4, 0.5) is 0 Å². The first-order valence-corrected chi connectivity index (χ1v) is 4.51. The summed E-state index contributed by atoms with van der Waals surface area (Å²) < 4.78 is 0. The summed E-state index contributed by atoms with van der Waals surface area (Å²) in [7, 11) is 0. The van der Waals surface area contributed by atoms with E-state index in [1.807, 2.05) is 0 Å². The van der Waals surface area contributed by atoms with Crippen LogP contribution in [0.15, 0.2) is 23.8 Å². The molecule has 0 aromatic carbocycles. The predicted octanol–water partition coefficient (Wildman–Crippen LogP) is 3.41. The molecule has 0 fully saturated rings. The molecule has 1 aliphatic rings. The molecule has 11 heavy (non-hydrogen) atoms. The van der Waals surface area contributed by atoms with E-state index in [1.165, 1.54) is 5.57 Å². The number of rotatable bonds is 2. The molecule has 0 spiro atoms. The summed E-state index contributed by atoms with van der Waals surface area (Å²) >= 11 is 0. The van der Waals surface area contributed by atoms with E-state index in [9.17, 15) is 0 Å². The van der Waals surface area contributed by atoms with Crippen molar-refractivity contribution in [1.29, 1.82) is 0 Å². The molecule has 0 heteroatoms. The summed E-state index contributed by atoms with van der Waals surface area (Å²) in [5.41, 5.74) is 1.50. The highest BCUT2D eigenvalue weighted by molar-refractivity contribution is 5.30. The van der Waals surface area contributed by atoms with Gasteiger partial charge in [0.2, 0.25) is 0 Å². The highest BCUT2D eigenvalue weighted by atomic mass is 14.2. The van der Waals surface area contributed by atoms with Gasteiger partial charge in [-0.1, -0.05) is 45.9 Å². The molecular weight excluding hydrogens is 132 g/mol. The monoisotopic (exact) mass is 150 g/mol. The number of allylic oxidation sites excluding steroid dienone is 4. The van der Waals surface area contributed by atoms with Gasteiger partial charge in [-0.15, -0.1) is 0 Å². The van der Waals surface area contributed by atoms with Crippen molar-refractivity contribution in [3.05, 3.63) is 23.8 Å². The zero-order valence-electron chi connectivity index (χ0n) is 7.96. The molecule has 1 aliphatic carbocycles. The lowest BCUT2D eigenvalue weighted by Crippen LogP contribution is -1.99. The molecule has 0 saturated heterocycles. The molecule has 0 amide bonds. The van der Waals surface area contributed by atoms with E-state index in [4.69, 9.17) is 0 Å². The first kappa shape index (κ1) is 8.58. The van der Waals surface area contributed by atoms with Crippen LogP contribution in [-0.2, 0) is 0 Å². The molecule has 0 saturated carbocycles. The van der Waals surface area contributed by atoms with Crippen LogP contribution in [0, 0.1) is 17.8 Å². The van der Waals surface area contributed by atoms with Crippen LogP contribution >= 0.6 is 0 Å². The Morgan fingerprint density at radius 3 is 2.09 bits per heavy atom. The molecule has 1 atom stereocenters. The molecule has 0 bridgehead atoms. The Bertz CT molecular complexity index is 182. The Morgan fingerprint density at radius 2 is 1.82 bits per heavy atom.